The first-order valence-corrected chi connectivity index (χ1v) is 5.55. The van der Waals surface area contributed by atoms with Crippen molar-refractivity contribution >= 4 is 11.8 Å². The highest BCUT2D eigenvalue weighted by Crippen LogP contribution is 2.03. The maximum Gasteiger partial charge on any atom is 0.241 e. The Kier molecular flexibility index (Phi) is 6.03. The lowest BCUT2D eigenvalue weighted by Gasteiger charge is -2.26. The highest BCUT2D eigenvalue weighted by atomic mass is 16.2. The summed E-state index contributed by atoms with van der Waals surface area (Å²) in [5, 5.41) is 0. The smallest absolute Gasteiger partial charge is 0.241 e. The Morgan fingerprint density at radius 1 is 1.25 bits per heavy atom. The Balaban J connectivity index is 4.50. The second-order valence-electron chi connectivity index (χ2n) is 4.41. The largest absolute Gasteiger partial charge is 0.347 e. The van der Waals surface area contributed by atoms with Gasteiger partial charge >= 0.3 is 0 Å². The molecule has 0 unspecified atom stereocenters. The second-order valence-corrected chi connectivity index (χ2v) is 4.41. The van der Waals surface area contributed by atoms with E-state index in [1.807, 2.05) is 20.8 Å². The number of nitrogens with zero attached hydrogens (tertiary/aromatic N) is 2. The third-order valence-electron chi connectivity index (χ3n) is 2.52. The summed E-state index contributed by atoms with van der Waals surface area (Å²) in [6.07, 6.45) is 0. The van der Waals surface area contributed by atoms with E-state index < -0.39 is 6.04 Å². The number of likely N-dealkylation sites (N-methyl/N-ethyl adjacent to an activating group) is 2. The molecule has 16 heavy (non-hydrogen) atoms. The van der Waals surface area contributed by atoms with Gasteiger partial charge in [0.25, 0.3) is 0 Å². The van der Waals surface area contributed by atoms with E-state index in [2.05, 4.69) is 0 Å². The zero-order valence-corrected chi connectivity index (χ0v) is 10.9. The van der Waals surface area contributed by atoms with Crippen LogP contribution in [0.4, 0.5) is 0 Å². The van der Waals surface area contributed by atoms with Gasteiger partial charge in [0, 0.05) is 20.6 Å². The van der Waals surface area contributed by atoms with Gasteiger partial charge in [-0.25, -0.2) is 0 Å². The Labute approximate surface area is 97.6 Å². The van der Waals surface area contributed by atoms with E-state index in [1.54, 1.807) is 14.1 Å². The number of hydrogen-bond donors (Lipinski definition) is 1. The van der Waals surface area contributed by atoms with E-state index in [0.29, 0.717) is 6.54 Å². The molecule has 2 amide bonds. The Bertz CT molecular complexity index is 252. The Morgan fingerprint density at radius 2 is 1.75 bits per heavy atom. The van der Waals surface area contributed by atoms with Gasteiger partial charge in [-0.1, -0.05) is 13.8 Å². The number of hydrogen-bond acceptors (Lipinski definition) is 3. The minimum absolute atomic E-state index is 0.0796. The van der Waals surface area contributed by atoms with Crippen LogP contribution in [-0.4, -0.2) is 54.8 Å². The molecular weight excluding hydrogens is 206 g/mol. The summed E-state index contributed by atoms with van der Waals surface area (Å²) in [6.45, 7) is 6.23. The van der Waals surface area contributed by atoms with Crippen molar-refractivity contribution in [3.63, 3.8) is 0 Å². The van der Waals surface area contributed by atoms with Crippen LogP contribution in [0.25, 0.3) is 0 Å². The van der Waals surface area contributed by atoms with Crippen molar-refractivity contribution in [3.8, 4) is 0 Å². The zero-order chi connectivity index (χ0) is 12.9. The summed E-state index contributed by atoms with van der Waals surface area (Å²) in [6, 6.07) is -0.532. The quantitative estimate of drug-likeness (QED) is 0.716. The predicted octanol–water partition coefficient (Wildman–Crippen LogP) is -0.0936. The molecule has 5 heteroatoms. The van der Waals surface area contributed by atoms with E-state index >= 15 is 0 Å². The molecule has 0 spiro atoms. The molecule has 0 saturated carbocycles. The molecule has 0 aromatic heterocycles. The fourth-order valence-electron chi connectivity index (χ4n) is 1.15. The standard InChI is InChI=1S/C11H23N3O2/c1-6-14(7-9(15)13(4)5)11(16)10(12)8(2)3/h8,10H,6-7,12H2,1-5H3/t10-/m1/s1. The van der Waals surface area contributed by atoms with E-state index in [4.69, 9.17) is 5.73 Å². The van der Waals surface area contributed by atoms with Crippen LogP contribution in [0.2, 0.25) is 0 Å². The van der Waals surface area contributed by atoms with Crippen molar-refractivity contribution in [1.29, 1.82) is 0 Å². The summed E-state index contributed by atoms with van der Waals surface area (Å²) in [4.78, 5) is 26.4. The van der Waals surface area contributed by atoms with Crippen molar-refractivity contribution in [2.75, 3.05) is 27.2 Å². The molecule has 0 aliphatic carbocycles. The van der Waals surface area contributed by atoms with Gasteiger partial charge in [-0.05, 0) is 12.8 Å². The summed E-state index contributed by atoms with van der Waals surface area (Å²) in [5.41, 5.74) is 5.77. The van der Waals surface area contributed by atoms with Gasteiger partial charge in [0.1, 0.15) is 0 Å². The summed E-state index contributed by atoms with van der Waals surface area (Å²) < 4.78 is 0. The molecule has 0 fully saturated rings. The first kappa shape index (κ1) is 14.9. The third-order valence-corrected chi connectivity index (χ3v) is 2.52. The van der Waals surface area contributed by atoms with Crippen LogP contribution in [0.15, 0.2) is 0 Å². The van der Waals surface area contributed by atoms with Crippen molar-refractivity contribution in [2.24, 2.45) is 11.7 Å². The van der Waals surface area contributed by atoms with E-state index in [1.165, 1.54) is 9.80 Å². The summed E-state index contributed by atoms with van der Waals surface area (Å²) in [5.74, 6) is -0.171. The van der Waals surface area contributed by atoms with Crippen LogP contribution >= 0.6 is 0 Å². The molecule has 0 aromatic carbocycles. The van der Waals surface area contributed by atoms with Crippen LogP contribution in [-0.2, 0) is 9.59 Å². The Hall–Kier alpha value is -1.10. The van der Waals surface area contributed by atoms with Gasteiger partial charge < -0.3 is 15.5 Å². The lowest BCUT2D eigenvalue weighted by molar-refractivity contribution is -0.140. The van der Waals surface area contributed by atoms with Gasteiger partial charge in [0.2, 0.25) is 11.8 Å². The minimum atomic E-state index is -0.532. The topological polar surface area (TPSA) is 66.6 Å². The molecule has 0 aliphatic rings. The van der Waals surface area contributed by atoms with E-state index in [-0.39, 0.29) is 24.3 Å². The highest BCUT2D eigenvalue weighted by Gasteiger charge is 2.24. The van der Waals surface area contributed by atoms with Crippen molar-refractivity contribution < 1.29 is 9.59 Å². The van der Waals surface area contributed by atoms with Crippen molar-refractivity contribution in [1.82, 2.24) is 9.80 Å². The van der Waals surface area contributed by atoms with Crippen molar-refractivity contribution in [3.05, 3.63) is 0 Å². The summed E-state index contributed by atoms with van der Waals surface area (Å²) in [7, 11) is 3.34. The van der Waals surface area contributed by atoms with Crippen molar-refractivity contribution in [2.45, 2.75) is 26.8 Å². The van der Waals surface area contributed by atoms with Gasteiger partial charge in [0.15, 0.2) is 0 Å². The zero-order valence-electron chi connectivity index (χ0n) is 10.9. The fourth-order valence-corrected chi connectivity index (χ4v) is 1.15. The molecule has 0 rings (SSSR count). The van der Waals surface area contributed by atoms with Gasteiger partial charge in [-0.15, -0.1) is 0 Å². The predicted molar refractivity (Wildman–Crippen MR) is 63.8 cm³/mol. The molecule has 5 nitrogen and oxygen atoms in total. The molecule has 0 aliphatic heterocycles. The van der Waals surface area contributed by atoms with Crippen LogP contribution in [0.5, 0.6) is 0 Å². The van der Waals surface area contributed by atoms with Crippen LogP contribution in [0.1, 0.15) is 20.8 Å². The Morgan fingerprint density at radius 3 is 2.06 bits per heavy atom. The number of rotatable bonds is 5. The normalized spacial score (nSPS) is 12.4. The van der Waals surface area contributed by atoms with Gasteiger partial charge in [-0.3, -0.25) is 9.59 Å². The number of carbonyl (C=O) groups is 2. The fraction of sp³-hybridized carbons (Fsp3) is 0.818. The molecule has 0 heterocycles. The SMILES string of the molecule is CCN(CC(=O)N(C)C)C(=O)[C@H](N)C(C)C. The molecular formula is C11H23N3O2. The molecule has 1 atom stereocenters. The molecule has 2 N–H and O–H groups in total. The summed E-state index contributed by atoms with van der Waals surface area (Å²) >= 11 is 0. The number of nitrogens with two attached hydrogens (primary N) is 1. The van der Waals surface area contributed by atoms with Gasteiger partial charge in [0.05, 0.1) is 12.6 Å². The molecule has 0 aromatic rings. The minimum Gasteiger partial charge on any atom is -0.347 e. The van der Waals surface area contributed by atoms with Crippen LogP contribution in [0, 0.1) is 5.92 Å². The first-order chi connectivity index (χ1) is 7.31. The van der Waals surface area contributed by atoms with Crippen LogP contribution in [0.3, 0.4) is 0 Å². The van der Waals surface area contributed by atoms with Gasteiger partial charge in [-0.2, -0.15) is 0 Å². The third kappa shape index (κ3) is 4.18. The van der Waals surface area contributed by atoms with E-state index in [9.17, 15) is 9.59 Å². The maximum absolute atomic E-state index is 11.9. The lowest BCUT2D eigenvalue weighted by atomic mass is 10.0. The second kappa shape index (κ2) is 6.48. The van der Waals surface area contributed by atoms with Crippen LogP contribution < -0.4 is 5.73 Å². The lowest BCUT2D eigenvalue weighted by Crippen LogP contribution is -2.49. The molecule has 94 valence electrons. The molecule has 0 bridgehead atoms. The van der Waals surface area contributed by atoms with E-state index in [0.717, 1.165) is 0 Å². The molecule has 0 saturated heterocycles. The maximum atomic E-state index is 11.9. The number of amides is 2. The monoisotopic (exact) mass is 229 g/mol. The highest BCUT2D eigenvalue weighted by molar-refractivity contribution is 5.87. The first-order valence-electron chi connectivity index (χ1n) is 5.55. The molecule has 0 radical (unpaired) electrons. The average Bonchev–Trinajstić information content (AvgIpc) is 2.22. The number of carbonyl (C=O) groups excluding carboxylic acids is 2. The average molecular weight is 229 g/mol.